The largest absolute Gasteiger partial charge is 0.378 e. The highest BCUT2D eigenvalue weighted by atomic mass is 16.5. The van der Waals surface area contributed by atoms with Gasteiger partial charge in [-0.25, -0.2) is 9.97 Å². The molecule has 0 aliphatic carbocycles. The highest BCUT2D eigenvalue weighted by Gasteiger charge is 2.16. The molecule has 0 atom stereocenters. The van der Waals surface area contributed by atoms with Gasteiger partial charge in [-0.2, -0.15) is 0 Å². The Morgan fingerprint density at radius 1 is 1.20 bits per heavy atom. The van der Waals surface area contributed by atoms with Crippen molar-refractivity contribution in [1.29, 1.82) is 0 Å². The number of aromatic nitrogens is 2. The van der Waals surface area contributed by atoms with Crippen LogP contribution < -0.4 is 15.1 Å². The first-order chi connectivity index (χ1) is 12.0. The number of nitrogens with one attached hydrogen (secondary N) is 1. The molecule has 25 heavy (non-hydrogen) atoms. The number of aryl methyl sites for hydroxylation is 1. The summed E-state index contributed by atoms with van der Waals surface area (Å²) in [6.45, 7) is 5.16. The third-order valence-corrected chi connectivity index (χ3v) is 4.12. The first-order valence-electron chi connectivity index (χ1n) is 8.28. The molecule has 1 fully saturated rings. The fourth-order valence-electron chi connectivity index (χ4n) is 2.72. The van der Waals surface area contributed by atoms with E-state index in [2.05, 4.69) is 27.1 Å². The van der Waals surface area contributed by atoms with E-state index in [1.165, 1.54) is 0 Å². The molecule has 1 aliphatic rings. The summed E-state index contributed by atoms with van der Waals surface area (Å²) in [4.78, 5) is 25.0. The Balaban J connectivity index is 1.75. The molecule has 3 rings (SSSR count). The van der Waals surface area contributed by atoms with Crippen LogP contribution in [-0.4, -0.2) is 56.3 Å². The third kappa shape index (κ3) is 4.06. The van der Waals surface area contributed by atoms with Crippen molar-refractivity contribution in [2.75, 3.05) is 55.5 Å². The predicted octanol–water partition coefficient (Wildman–Crippen LogP) is 1.94. The molecule has 0 radical (unpaired) electrons. The number of anilines is 3. The number of amides is 1. The van der Waals surface area contributed by atoms with Crippen LogP contribution in [0.4, 0.5) is 17.3 Å². The summed E-state index contributed by atoms with van der Waals surface area (Å²) in [6, 6.07) is 5.75. The second-order valence-corrected chi connectivity index (χ2v) is 6.22. The maximum Gasteiger partial charge on any atom is 0.255 e. The summed E-state index contributed by atoms with van der Waals surface area (Å²) in [5.74, 6) is 0.429. The lowest BCUT2D eigenvalue weighted by molar-refractivity contribution is 0.102. The number of rotatable bonds is 4. The molecule has 1 aromatic carbocycles. The molecule has 0 unspecified atom stereocenters. The quantitative estimate of drug-likeness (QED) is 0.916. The van der Waals surface area contributed by atoms with Crippen molar-refractivity contribution in [3.63, 3.8) is 0 Å². The normalized spacial score (nSPS) is 14.3. The van der Waals surface area contributed by atoms with E-state index in [0.717, 1.165) is 24.3 Å². The van der Waals surface area contributed by atoms with Crippen molar-refractivity contribution in [2.45, 2.75) is 6.92 Å². The Morgan fingerprint density at radius 2 is 1.88 bits per heavy atom. The van der Waals surface area contributed by atoms with E-state index in [-0.39, 0.29) is 5.91 Å². The molecule has 132 valence electrons. The van der Waals surface area contributed by atoms with E-state index >= 15 is 0 Å². The van der Waals surface area contributed by atoms with Crippen molar-refractivity contribution in [3.8, 4) is 0 Å². The van der Waals surface area contributed by atoms with Crippen LogP contribution in [0.25, 0.3) is 0 Å². The topological polar surface area (TPSA) is 70.6 Å². The van der Waals surface area contributed by atoms with E-state index in [4.69, 9.17) is 4.74 Å². The van der Waals surface area contributed by atoms with Crippen LogP contribution in [0.3, 0.4) is 0 Å². The first kappa shape index (κ1) is 17.2. The van der Waals surface area contributed by atoms with Gasteiger partial charge >= 0.3 is 0 Å². The SMILES string of the molecule is Cc1ccc(C(=O)Nc2cnc(N(C)C)nc2)cc1N1CCOCC1. The highest BCUT2D eigenvalue weighted by Crippen LogP contribution is 2.23. The van der Waals surface area contributed by atoms with Gasteiger partial charge in [-0.05, 0) is 24.6 Å². The van der Waals surface area contributed by atoms with Gasteiger partial charge in [-0.15, -0.1) is 0 Å². The number of hydrogen-bond acceptors (Lipinski definition) is 6. The Morgan fingerprint density at radius 3 is 2.52 bits per heavy atom. The lowest BCUT2D eigenvalue weighted by Gasteiger charge is -2.30. The van der Waals surface area contributed by atoms with Crippen molar-refractivity contribution < 1.29 is 9.53 Å². The van der Waals surface area contributed by atoms with Crippen LogP contribution in [0.15, 0.2) is 30.6 Å². The van der Waals surface area contributed by atoms with Gasteiger partial charge < -0.3 is 19.9 Å². The smallest absolute Gasteiger partial charge is 0.255 e. The molecule has 0 spiro atoms. The van der Waals surface area contributed by atoms with Crippen molar-refractivity contribution in [1.82, 2.24) is 9.97 Å². The highest BCUT2D eigenvalue weighted by molar-refractivity contribution is 6.04. The lowest BCUT2D eigenvalue weighted by Crippen LogP contribution is -2.36. The number of ether oxygens (including phenoxy) is 1. The molecule has 1 amide bonds. The number of carbonyl (C=O) groups is 1. The van der Waals surface area contributed by atoms with Gasteiger partial charge in [0.1, 0.15) is 0 Å². The zero-order valence-corrected chi connectivity index (χ0v) is 14.8. The van der Waals surface area contributed by atoms with Gasteiger partial charge in [0.05, 0.1) is 31.3 Å². The van der Waals surface area contributed by atoms with Gasteiger partial charge in [0.25, 0.3) is 5.91 Å². The molecule has 7 nitrogen and oxygen atoms in total. The minimum atomic E-state index is -0.171. The molecule has 1 aliphatic heterocycles. The Labute approximate surface area is 147 Å². The third-order valence-electron chi connectivity index (χ3n) is 4.12. The summed E-state index contributed by atoms with van der Waals surface area (Å²) < 4.78 is 5.41. The number of benzene rings is 1. The fourth-order valence-corrected chi connectivity index (χ4v) is 2.72. The number of nitrogens with zero attached hydrogens (tertiary/aromatic N) is 4. The molecule has 1 N–H and O–H groups in total. The number of hydrogen-bond donors (Lipinski definition) is 1. The molecule has 0 saturated carbocycles. The van der Waals surface area contributed by atoms with Gasteiger partial charge in [0, 0.05) is 38.4 Å². The Kier molecular flexibility index (Phi) is 5.14. The van der Waals surface area contributed by atoms with E-state index in [0.29, 0.717) is 30.4 Å². The molecular weight excluding hydrogens is 318 g/mol. The summed E-state index contributed by atoms with van der Waals surface area (Å²) in [6.07, 6.45) is 3.22. The second kappa shape index (κ2) is 7.48. The molecule has 0 bridgehead atoms. The van der Waals surface area contributed by atoms with Crippen LogP contribution in [0.5, 0.6) is 0 Å². The van der Waals surface area contributed by atoms with Gasteiger partial charge in [-0.3, -0.25) is 4.79 Å². The van der Waals surface area contributed by atoms with Crippen LogP contribution >= 0.6 is 0 Å². The minimum Gasteiger partial charge on any atom is -0.378 e. The maximum absolute atomic E-state index is 12.6. The van der Waals surface area contributed by atoms with Gasteiger partial charge in [0.15, 0.2) is 0 Å². The van der Waals surface area contributed by atoms with Crippen molar-refractivity contribution >= 4 is 23.2 Å². The minimum absolute atomic E-state index is 0.171. The second-order valence-electron chi connectivity index (χ2n) is 6.22. The average Bonchev–Trinajstić information content (AvgIpc) is 2.63. The van der Waals surface area contributed by atoms with Gasteiger partial charge in [0.2, 0.25) is 5.95 Å². The van der Waals surface area contributed by atoms with Crippen LogP contribution in [-0.2, 0) is 4.74 Å². The standard InChI is InChI=1S/C18H23N5O2/c1-13-4-5-14(10-16(13)23-6-8-25-9-7-23)17(24)21-15-11-19-18(20-12-15)22(2)3/h4-5,10-12H,6-9H2,1-3H3,(H,21,24). The molecular formula is C18H23N5O2. The number of morpholine rings is 1. The Hall–Kier alpha value is -2.67. The van der Waals surface area contributed by atoms with Crippen molar-refractivity contribution in [2.24, 2.45) is 0 Å². The first-order valence-corrected chi connectivity index (χ1v) is 8.28. The fraction of sp³-hybridized carbons (Fsp3) is 0.389. The molecule has 2 aromatic rings. The zero-order valence-electron chi connectivity index (χ0n) is 14.8. The van der Waals surface area contributed by atoms with E-state index in [1.807, 2.05) is 32.3 Å². The average molecular weight is 341 g/mol. The predicted molar refractivity (Wildman–Crippen MR) is 98.5 cm³/mol. The molecule has 2 heterocycles. The summed E-state index contributed by atoms with van der Waals surface area (Å²) in [5, 5.41) is 2.85. The molecule has 7 heteroatoms. The monoisotopic (exact) mass is 341 g/mol. The van der Waals surface area contributed by atoms with Gasteiger partial charge in [-0.1, -0.05) is 6.07 Å². The summed E-state index contributed by atoms with van der Waals surface area (Å²) in [5.41, 5.74) is 3.42. The zero-order chi connectivity index (χ0) is 17.8. The lowest BCUT2D eigenvalue weighted by atomic mass is 10.1. The van der Waals surface area contributed by atoms with E-state index in [1.54, 1.807) is 17.3 Å². The van der Waals surface area contributed by atoms with Crippen LogP contribution in [0.2, 0.25) is 0 Å². The van der Waals surface area contributed by atoms with Crippen molar-refractivity contribution in [3.05, 3.63) is 41.7 Å². The number of carbonyl (C=O) groups excluding carboxylic acids is 1. The molecule has 1 aromatic heterocycles. The van der Waals surface area contributed by atoms with Crippen LogP contribution in [0, 0.1) is 6.92 Å². The van der Waals surface area contributed by atoms with Crippen LogP contribution in [0.1, 0.15) is 15.9 Å². The summed E-state index contributed by atoms with van der Waals surface area (Å²) in [7, 11) is 3.74. The van der Waals surface area contributed by atoms with E-state index < -0.39 is 0 Å². The molecule has 1 saturated heterocycles. The Bertz CT molecular complexity index is 740. The van der Waals surface area contributed by atoms with E-state index in [9.17, 15) is 4.79 Å². The summed E-state index contributed by atoms with van der Waals surface area (Å²) >= 11 is 0. The maximum atomic E-state index is 12.6.